The molecule has 0 amide bonds. The lowest BCUT2D eigenvalue weighted by atomic mass is 10.1. The fourth-order valence-electron chi connectivity index (χ4n) is 1.11. The van der Waals surface area contributed by atoms with Crippen molar-refractivity contribution in [3.8, 4) is 0 Å². The summed E-state index contributed by atoms with van der Waals surface area (Å²) < 4.78 is 0. The van der Waals surface area contributed by atoms with Gasteiger partial charge in [0, 0.05) is 4.90 Å². The van der Waals surface area contributed by atoms with Crippen LogP contribution in [-0.2, 0) is 4.79 Å². The zero-order chi connectivity index (χ0) is 10.6. The number of carbonyl (C=O) groups is 1. The van der Waals surface area contributed by atoms with Crippen LogP contribution >= 0.6 is 11.8 Å². The van der Waals surface area contributed by atoms with Gasteiger partial charge in [0.15, 0.2) is 0 Å². The molecular formula is C11H12O2S. The molecule has 0 spiro atoms. The van der Waals surface area contributed by atoms with E-state index in [1.54, 1.807) is 11.8 Å². The summed E-state index contributed by atoms with van der Waals surface area (Å²) in [5.74, 6) is -0.844. The maximum absolute atomic E-state index is 10.4. The minimum Gasteiger partial charge on any atom is -0.481 e. The molecule has 0 aliphatic heterocycles. The summed E-state index contributed by atoms with van der Waals surface area (Å²) in [6, 6.07) is 7.73. The molecule has 0 unspecified atom stereocenters. The van der Waals surface area contributed by atoms with E-state index >= 15 is 0 Å². The van der Waals surface area contributed by atoms with Crippen LogP contribution in [0.2, 0.25) is 0 Å². The van der Waals surface area contributed by atoms with Crippen LogP contribution in [0.5, 0.6) is 0 Å². The van der Waals surface area contributed by atoms with Gasteiger partial charge in [-0.3, -0.25) is 4.79 Å². The minimum atomic E-state index is -0.844. The molecule has 14 heavy (non-hydrogen) atoms. The number of rotatable bonds is 4. The summed E-state index contributed by atoms with van der Waals surface area (Å²) >= 11 is 1.66. The number of hydrogen-bond donors (Lipinski definition) is 1. The third-order valence-electron chi connectivity index (χ3n) is 1.86. The number of benzene rings is 1. The standard InChI is InChI=1S/C11H12O2S/c1-8(7-11(12)13)9-3-5-10(14-2)6-4-9/h3-6H,1,7H2,2H3,(H,12,13). The summed E-state index contributed by atoms with van der Waals surface area (Å²) in [6.07, 6.45) is 2.00. The maximum Gasteiger partial charge on any atom is 0.307 e. The van der Waals surface area contributed by atoms with Crippen LogP contribution in [0.25, 0.3) is 5.57 Å². The SMILES string of the molecule is C=C(CC(=O)O)c1ccc(SC)cc1. The van der Waals surface area contributed by atoms with E-state index < -0.39 is 5.97 Å². The highest BCUT2D eigenvalue weighted by atomic mass is 32.2. The summed E-state index contributed by atoms with van der Waals surface area (Å²) in [4.78, 5) is 11.6. The van der Waals surface area contributed by atoms with Crippen molar-refractivity contribution in [2.45, 2.75) is 11.3 Å². The van der Waals surface area contributed by atoms with Gasteiger partial charge in [-0.15, -0.1) is 11.8 Å². The molecule has 0 radical (unpaired) electrons. The Balaban J connectivity index is 2.76. The van der Waals surface area contributed by atoms with Gasteiger partial charge in [0.1, 0.15) is 0 Å². The third kappa shape index (κ3) is 2.92. The van der Waals surface area contributed by atoms with Crippen molar-refractivity contribution in [3.63, 3.8) is 0 Å². The molecule has 1 aromatic rings. The maximum atomic E-state index is 10.4. The van der Waals surface area contributed by atoms with E-state index in [1.165, 1.54) is 0 Å². The molecule has 0 fully saturated rings. The fraction of sp³-hybridized carbons (Fsp3) is 0.182. The van der Waals surface area contributed by atoms with E-state index in [4.69, 9.17) is 5.11 Å². The molecule has 0 aliphatic rings. The first-order valence-corrected chi connectivity index (χ1v) is 5.40. The molecule has 0 aliphatic carbocycles. The molecule has 0 bridgehead atoms. The molecule has 0 atom stereocenters. The Hall–Kier alpha value is -1.22. The summed E-state index contributed by atoms with van der Waals surface area (Å²) in [5.41, 5.74) is 1.54. The van der Waals surface area contributed by atoms with Crippen molar-refractivity contribution >= 4 is 23.3 Å². The summed E-state index contributed by atoms with van der Waals surface area (Å²) in [6.45, 7) is 3.73. The lowest BCUT2D eigenvalue weighted by molar-refractivity contribution is -0.135. The van der Waals surface area contributed by atoms with E-state index in [1.807, 2.05) is 30.5 Å². The van der Waals surface area contributed by atoms with Crippen LogP contribution in [0.4, 0.5) is 0 Å². The highest BCUT2D eigenvalue weighted by Crippen LogP contribution is 2.20. The average Bonchev–Trinajstić information content (AvgIpc) is 2.17. The highest BCUT2D eigenvalue weighted by molar-refractivity contribution is 7.98. The third-order valence-corrected chi connectivity index (χ3v) is 2.61. The number of aliphatic carboxylic acids is 1. The van der Waals surface area contributed by atoms with Gasteiger partial charge < -0.3 is 5.11 Å². The first-order valence-electron chi connectivity index (χ1n) is 4.17. The molecule has 1 aromatic carbocycles. The predicted molar refractivity (Wildman–Crippen MR) is 59.5 cm³/mol. The van der Waals surface area contributed by atoms with Crippen LogP contribution in [0.15, 0.2) is 35.7 Å². The Labute approximate surface area is 87.6 Å². The quantitative estimate of drug-likeness (QED) is 0.773. The van der Waals surface area contributed by atoms with Gasteiger partial charge in [-0.2, -0.15) is 0 Å². The lowest BCUT2D eigenvalue weighted by Crippen LogP contribution is -1.95. The normalized spacial score (nSPS) is 9.79. The lowest BCUT2D eigenvalue weighted by Gasteiger charge is -2.03. The van der Waals surface area contributed by atoms with Crippen molar-refractivity contribution in [1.29, 1.82) is 0 Å². The number of carboxylic acid groups (broad SMARTS) is 1. The van der Waals surface area contributed by atoms with E-state index in [9.17, 15) is 4.79 Å². The first-order chi connectivity index (χ1) is 6.63. The number of thioether (sulfide) groups is 1. The smallest absolute Gasteiger partial charge is 0.307 e. The molecule has 0 heterocycles. The van der Waals surface area contributed by atoms with Crippen molar-refractivity contribution in [3.05, 3.63) is 36.4 Å². The van der Waals surface area contributed by atoms with Gasteiger partial charge in [-0.1, -0.05) is 18.7 Å². The zero-order valence-corrected chi connectivity index (χ0v) is 8.80. The largest absolute Gasteiger partial charge is 0.481 e. The molecule has 2 nitrogen and oxygen atoms in total. The summed E-state index contributed by atoms with van der Waals surface area (Å²) in [7, 11) is 0. The van der Waals surface area contributed by atoms with Gasteiger partial charge in [0.25, 0.3) is 0 Å². The molecular weight excluding hydrogens is 196 g/mol. The predicted octanol–water partition coefficient (Wildman–Crippen LogP) is 2.90. The van der Waals surface area contributed by atoms with Crippen LogP contribution < -0.4 is 0 Å². The second-order valence-corrected chi connectivity index (χ2v) is 3.78. The molecule has 0 saturated heterocycles. The zero-order valence-electron chi connectivity index (χ0n) is 7.99. The van der Waals surface area contributed by atoms with Gasteiger partial charge in [-0.25, -0.2) is 0 Å². The van der Waals surface area contributed by atoms with Gasteiger partial charge in [0.2, 0.25) is 0 Å². The molecule has 1 N–H and O–H groups in total. The molecule has 3 heteroatoms. The fourth-order valence-corrected chi connectivity index (χ4v) is 1.52. The Morgan fingerprint density at radius 3 is 2.43 bits per heavy atom. The van der Waals surface area contributed by atoms with E-state index in [0.717, 1.165) is 10.5 Å². The summed E-state index contributed by atoms with van der Waals surface area (Å²) in [5, 5.41) is 8.58. The van der Waals surface area contributed by atoms with Gasteiger partial charge in [0.05, 0.1) is 6.42 Å². The van der Waals surface area contributed by atoms with Crippen molar-refractivity contribution in [2.24, 2.45) is 0 Å². The van der Waals surface area contributed by atoms with Crippen LogP contribution in [0, 0.1) is 0 Å². The van der Waals surface area contributed by atoms with Crippen molar-refractivity contribution < 1.29 is 9.90 Å². The Bertz CT molecular complexity index is 341. The van der Waals surface area contributed by atoms with Crippen molar-refractivity contribution in [2.75, 3.05) is 6.26 Å². The Kier molecular flexibility index (Phi) is 3.77. The van der Waals surface area contributed by atoms with E-state index in [0.29, 0.717) is 5.57 Å². The molecule has 74 valence electrons. The minimum absolute atomic E-state index is 0.00137. The molecule has 1 rings (SSSR count). The topological polar surface area (TPSA) is 37.3 Å². The van der Waals surface area contributed by atoms with Crippen LogP contribution in [0.3, 0.4) is 0 Å². The second-order valence-electron chi connectivity index (χ2n) is 2.90. The Morgan fingerprint density at radius 1 is 1.43 bits per heavy atom. The van der Waals surface area contributed by atoms with Crippen molar-refractivity contribution in [1.82, 2.24) is 0 Å². The second kappa shape index (κ2) is 4.86. The monoisotopic (exact) mass is 208 g/mol. The number of carboxylic acids is 1. The van der Waals surface area contributed by atoms with Gasteiger partial charge in [-0.05, 0) is 29.5 Å². The first kappa shape index (κ1) is 10.9. The van der Waals surface area contributed by atoms with E-state index in [2.05, 4.69) is 6.58 Å². The molecule has 0 saturated carbocycles. The van der Waals surface area contributed by atoms with Gasteiger partial charge >= 0.3 is 5.97 Å². The average molecular weight is 208 g/mol. The van der Waals surface area contributed by atoms with E-state index in [-0.39, 0.29) is 6.42 Å². The van der Waals surface area contributed by atoms with Crippen LogP contribution in [0.1, 0.15) is 12.0 Å². The van der Waals surface area contributed by atoms with Crippen LogP contribution in [-0.4, -0.2) is 17.3 Å². The Morgan fingerprint density at radius 2 is 2.00 bits per heavy atom. The highest BCUT2D eigenvalue weighted by Gasteiger charge is 2.03. The number of hydrogen-bond acceptors (Lipinski definition) is 2. The molecule has 0 aromatic heterocycles.